The van der Waals surface area contributed by atoms with Crippen molar-refractivity contribution in [3.63, 3.8) is 0 Å². The molecule has 0 unspecified atom stereocenters. The first-order chi connectivity index (χ1) is 13.7. The first-order valence-corrected chi connectivity index (χ1v) is 9.75. The largest absolute Gasteiger partial charge is 0.496 e. The normalized spacial score (nSPS) is 16.2. The van der Waals surface area contributed by atoms with E-state index in [1.165, 1.54) is 0 Å². The van der Waals surface area contributed by atoms with Crippen LogP contribution in [0.2, 0.25) is 0 Å². The van der Waals surface area contributed by atoms with E-state index in [2.05, 4.69) is 31.4 Å². The molecule has 2 amide bonds. The molecule has 4 rings (SSSR count). The number of carbonyl (C=O) groups excluding carboxylic acids is 1. The van der Waals surface area contributed by atoms with Crippen LogP contribution in [0, 0.1) is 0 Å². The summed E-state index contributed by atoms with van der Waals surface area (Å²) in [4.78, 5) is 19.1. The number of nitrogens with one attached hydrogen (secondary N) is 1. The number of aromatic nitrogens is 2. The van der Waals surface area contributed by atoms with E-state index < -0.39 is 0 Å². The van der Waals surface area contributed by atoms with Crippen LogP contribution < -0.4 is 10.1 Å². The van der Waals surface area contributed by atoms with Crippen molar-refractivity contribution in [1.82, 2.24) is 15.0 Å². The van der Waals surface area contributed by atoms with Gasteiger partial charge in [-0.05, 0) is 43.2 Å². The summed E-state index contributed by atoms with van der Waals surface area (Å²) in [5.41, 5.74) is 1.48. The van der Waals surface area contributed by atoms with Crippen LogP contribution in [0.25, 0.3) is 11.4 Å². The van der Waals surface area contributed by atoms with E-state index in [1.807, 2.05) is 48.5 Å². The van der Waals surface area contributed by atoms with Gasteiger partial charge in [-0.2, -0.15) is 4.98 Å². The highest BCUT2D eigenvalue weighted by Gasteiger charge is 2.34. The molecule has 1 atom stereocenters. The zero-order valence-electron chi connectivity index (χ0n) is 15.3. The summed E-state index contributed by atoms with van der Waals surface area (Å²) in [7, 11) is 1.60. The minimum absolute atomic E-state index is 0.183. The molecule has 1 aliphatic heterocycles. The van der Waals surface area contributed by atoms with Crippen molar-refractivity contribution in [2.75, 3.05) is 19.0 Å². The minimum Gasteiger partial charge on any atom is -0.496 e. The molecule has 0 aliphatic carbocycles. The number of para-hydroxylation sites is 1. The van der Waals surface area contributed by atoms with E-state index in [9.17, 15) is 4.79 Å². The number of halogens is 1. The number of methoxy groups -OCH3 is 1. The molecule has 0 spiro atoms. The fourth-order valence-corrected chi connectivity index (χ4v) is 3.74. The number of carbonyl (C=O) groups is 1. The number of hydrogen-bond donors (Lipinski definition) is 1. The molecule has 3 aromatic rings. The number of benzene rings is 2. The minimum atomic E-state index is -0.247. The Morgan fingerprint density at radius 3 is 2.96 bits per heavy atom. The Hall–Kier alpha value is -2.87. The molecule has 28 heavy (non-hydrogen) atoms. The Morgan fingerprint density at radius 1 is 1.29 bits per heavy atom. The molecular weight excluding hydrogens is 424 g/mol. The number of nitrogens with zero attached hydrogens (tertiary/aromatic N) is 3. The molecule has 8 heteroatoms. The van der Waals surface area contributed by atoms with Gasteiger partial charge < -0.3 is 19.5 Å². The molecule has 0 bridgehead atoms. The third kappa shape index (κ3) is 3.73. The van der Waals surface area contributed by atoms with E-state index in [4.69, 9.17) is 9.26 Å². The number of hydrogen-bond acceptors (Lipinski definition) is 5. The topological polar surface area (TPSA) is 80.5 Å². The highest BCUT2D eigenvalue weighted by Crippen LogP contribution is 2.34. The van der Waals surface area contributed by atoms with E-state index in [-0.39, 0.29) is 12.1 Å². The number of amides is 2. The standard InChI is InChI=1S/C20H19BrN4O3/c1-27-17-10-3-2-8-15(17)18-23-19(28-24-18)16-9-5-11-25(16)20(26)22-14-7-4-6-13(21)12-14/h2-4,6-8,10,12,16H,5,9,11H2,1H3,(H,22,26)/t16-/m1/s1. The molecule has 1 saturated heterocycles. The molecule has 1 aromatic heterocycles. The second-order valence-corrected chi connectivity index (χ2v) is 7.36. The van der Waals surface area contributed by atoms with E-state index in [0.29, 0.717) is 24.0 Å². The zero-order valence-corrected chi connectivity index (χ0v) is 16.8. The zero-order chi connectivity index (χ0) is 19.5. The summed E-state index contributed by atoms with van der Waals surface area (Å²) in [6.45, 7) is 0.636. The third-order valence-corrected chi connectivity index (χ3v) is 5.16. The van der Waals surface area contributed by atoms with Gasteiger partial charge in [0.2, 0.25) is 11.7 Å². The van der Waals surface area contributed by atoms with Gasteiger partial charge in [0.1, 0.15) is 11.8 Å². The van der Waals surface area contributed by atoms with Gasteiger partial charge in [0.15, 0.2) is 0 Å². The lowest BCUT2D eigenvalue weighted by atomic mass is 10.2. The number of rotatable bonds is 4. The summed E-state index contributed by atoms with van der Waals surface area (Å²) in [6, 6.07) is 14.6. The molecule has 1 fully saturated rings. The van der Waals surface area contributed by atoms with Gasteiger partial charge in [-0.15, -0.1) is 0 Å². The summed E-state index contributed by atoms with van der Waals surface area (Å²) in [6.07, 6.45) is 1.66. The monoisotopic (exact) mass is 442 g/mol. The van der Waals surface area contributed by atoms with Crippen molar-refractivity contribution in [3.8, 4) is 17.1 Å². The van der Waals surface area contributed by atoms with Crippen LogP contribution in [0.4, 0.5) is 10.5 Å². The average molecular weight is 443 g/mol. The predicted molar refractivity (Wildman–Crippen MR) is 108 cm³/mol. The maximum absolute atomic E-state index is 12.8. The lowest BCUT2D eigenvalue weighted by molar-refractivity contribution is 0.193. The SMILES string of the molecule is COc1ccccc1-c1noc([C@H]2CCCN2C(=O)Nc2cccc(Br)c2)n1. The van der Waals surface area contributed by atoms with Crippen LogP contribution in [0.15, 0.2) is 57.5 Å². The number of ether oxygens (including phenoxy) is 1. The molecule has 0 saturated carbocycles. The van der Waals surface area contributed by atoms with E-state index in [0.717, 1.165) is 28.6 Å². The van der Waals surface area contributed by atoms with Gasteiger partial charge >= 0.3 is 6.03 Å². The molecule has 2 aromatic carbocycles. The summed E-state index contributed by atoms with van der Waals surface area (Å²) < 4.78 is 11.8. The fraction of sp³-hybridized carbons (Fsp3) is 0.250. The van der Waals surface area contributed by atoms with Crippen molar-refractivity contribution in [3.05, 3.63) is 58.9 Å². The van der Waals surface area contributed by atoms with Gasteiger partial charge in [0, 0.05) is 16.7 Å². The number of urea groups is 1. The third-order valence-electron chi connectivity index (χ3n) is 4.66. The van der Waals surface area contributed by atoms with Crippen molar-refractivity contribution in [2.24, 2.45) is 0 Å². The first kappa shape index (κ1) is 18.5. The summed E-state index contributed by atoms with van der Waals surface area (Å²) in [5.74, 6) is 1.56. The van der Waals surface area contributed by atoms with Crippen LogP contribution >= 0.6 is 15.9 Å². The smallest absolute Gasteiger partial charge is 0.322 e. The molecule has 2 heterocycles. The predicted octanol–water partition coefficient (Wildman–Crippen LogP) is 4.88. The van der Waals surface area contributed by atoms with Gasteiger partial charge in [-0.1, -0.05) is 39.3 Å². The van der Waals surface area contributed by atoms with E-state index in [1.54, 1.807) is 12.0 Å². The molecule has 7 nitrogen and oxygen atoms in total. The Balaban J connectivity index is 1.54. The molecule has 0 radical (unpaired) electrons. The molecule has 1 aliphatic rings. The quantitative estimate of drug-likeness (QED) is 0.622. The summed E-state index contributed by atoms with van der Waals surface area (Å²) >= 11 is 3.41. The van der Waals surface area contributed by atoms with Crippen LogP contribution in [-0.2, 0) is 0 Å². The molecule has 1 N–H and O–H groups in total. The Labute approximate surface area is 170 Å². The highest BCUT2D eigenvalue weighted by atomic mass is 79.9. The maximum atomic E-state index is 12.8. The maximum Gasteiger partial charge on any atom is 0.322 e. The van der Waals surface area contributed by atoms with Crippen LogP contribution in [-0.4, -0.2) is 34.7 Å². The number of likely N-dealkylation sites (tertiary alicyclic amines) is 1. The van der Waals surface area contributed by atoms with Crippen molar-refractivity contribution in [2.45, 2.75) is 18.9 Å². The Bertz CT molecular complexity index is 991. The van der Waals surface area contributed by atoms with Crippen LogP contribution in [0.3, 0.4) is 0 Å². The van der Waals surface area contributed by atoms with Crippen molar-refractivity contribution in [1.29, 1.82) is 0 Å². The van der Waals surface area contributed by atoms with Gasteiger partial charge in [-0.3, -0.25) is 0 Å². The van der Waals surface area contributed by atoms with Crippen LogP contribution in [0.1, 0.15) is 24.8 Å². The second kappa shape index (κ2) is 8.02. The second-order valence-electron chi connectivity index (χ2n) is 6.45. The van der Waals surface area contributed by atoms with Crippen molar-refractivity contribution >= 4 is 27.6 Å². The van der Waals surface area contributed by atoms with Gasteiger partial charge in [-0.25, -0.2) is 4.79 Å². The fourth-order valence-electron chi connectivity index (χ4n) is 3.34. The lowest BCUT2D eigenvalue weighted by Crippen LogP contribution is -2.34. The van der Waals surface area contributed by atoms with Gasteiger partial charge in [0.05, 0.1) is 12.7 Å². The van der Waals surface area contributed by atoms with Crippen molar-refractivity contribution < 1.29 is 14.1 Å². The average Bonchev–Trinajstić information content (AvgIpc) is 3.37. The van der Waals surface area contributed by atoms with E-state index >= 15 is 0 Å². The van der Waals surface area contributed by atoms with Crippen LogP contribution in [0.5, 0.6) is 5.75 Å². The Kier molecular flexibility index (Phi) is 5.29. The molecule has 144 valence electrons. The molecular formula is C20H19BrN4O3. The Morgan fingerprint density at radius 2 is 2.14 bits per heavy atom. The highest BCUT2D eigenvalue weighted by molar-refractivity contribution is 9.10. The van der Waals surface area contributed by atoms with Gasteiger partial charge in [0.25, 0.3) is 0 Å². The number of anilines is 1. The summed E-state index contributed by atoms with van der Waals surface area (Å²) in [5, 5.41) is 7.03. The first-order valence-electron chi connectivity index (χ1n) is 8.96. The lowest BCUT2D eigenvalue weighted by Gasteiger charge is -2.22.